The van der Waals surface area contributed by atoms with Crippen LogP contribution in [0, 0.1) is 5.92 Å². The van der Waals surface area contributed by atoms with E-state index in [1.54, 1.807) is 17.3 Å². The summed E-state index contributed by atoms with van der Waals surface area (Å²) < 4.78 is 0. The van der Waals surface area contributed by atoms with E-state index in [-0.39, 0.29) is 48.8 Å². The molecule has 6 heteroatoms. The number of aliphatic hydroxyl groups is 1. The smallest absolute Gasteiger partial charge is 0.227 e. The van der Waals surface area contributed by atoms with E-state index >= 15 is 0 Å². The Kier molecular flexibility index (Phi) is 5.90. The quantitative estimate of drug-likeness (QED) is 0.753. The number of carbonyl (C=O) groups excluding carboxylic acids is 2. The van der Waals surface area contributed by atoms with Gasteiger partial charge < -0.3 is 15.3 Å². The van der Waals surface area contributed by atoms with E-state index < -0.39 is 0 Å². The third-order valence-electron chi connectivity index (χ3n) is 6.24. The van der Waals surface area contributed by atoms with Gasteiger partial charge in [0.25, 0.3) is 0 Å². The predicted molar refractivity (Wildman–Crippen MR) is 109 cm³/mol. The summed E-state index contributed by atoms with van der Waals surface area (Å²) in [6.45, 7) is 0.301. The lowest BCUT2D eigenvalue weighted by atomic mass is 9.74. The maximum Gasteiger partial charge on any atom is 0.227 e. The SMILES string of the molecule is O=C(NC[C@H]1[C@H](c2ccccc2)[C@@H](CO)N1C(=O)Cc1cccnc1)C1CCC1. The number of carbonyl (C=O) groups is 2. The minimum Gasteiger partial charge on any atom is -0.394 e. The van der Waals surface area contributed by atoms with Gasteiger partial charge in [0, 0.05) is 30.8 Å². The maximum atomic E-state index is 13.1. The number of rotatable bonds is 7. The van der Waals surface area contributed by atoms with Gasteiger partial charge in [-0.25, -0.2) is 0 Å². The number of likely N-dealkylation sites (tertiary alicyclic amines) is 1. The first-order valence-corrected chi connectivity index (χ1v) is 10.3. The van der Waals surface area contributed by atoms with E-state index in [2.05, 4.69) is 10.3 Å². The lowest BCUT2D eigenvalue weighted by molar-refractivity contribution is -0.150. The summed E-state index contributed by atoms with van der Waals surface area (Å²) in [6, 6.07) is 13.2. The van der Waals surface area contributed by atoms with Crippen LogP contribution in [0.3, 0.4) is 0 Å². The molecule has 1 saturated carbocycles. The van der Waals surface area contributed by atoms with Crippen LogP contribution in [0.25, 0.3) is 0 Å². The van der Waals surface area contributed by atoms with E-state index in [1.165, 1.54) is 0 Å². The molecule has 1 aromatic heterocycles. The van der Waals surface area contributed by atoms with Crippen molar-refractivity contribution in [2.75, 3.05) is 13.2 Å². The molecule has 3 atom stereocenters. The Morgan fingerprint density at radius 3 is 2.52 bits per heavy atom. The highest BCUT2D eigenvalue weighted by Gasteiger charge is 2.50. The van der Waals surface area contributed by atoms with Crippen molar-refractivity contribution in [1.82, 2.24) is 15.2 Å². The van der Waals surface area contributed by atoms with E-state index in [1.807, 2.05) is 42.5 Å². The van der Waals surface area contributed by atoms with E-state index in [4.69, 9.17) is 0 Å². The van der Waals surface area contributed by atoms with Crippen LogP contribution in [0.1, 0.15) is 36.3 Å². The summed E-state index contributed by atoms with van der Waals surface area (Å²) in [7, 11) is 0. The number of hydrogen-bond donors (Lipinski definition) is 2. The molecule has 0 spiro atoms. The molecular weight excluding hydrogens is 366 g/mol. The molecule has 1 saturated heterocycles. The number of nitrogens with one attached hydrogen (secondary N) is 1. The summed E-state index contributed by atoms with van der Waals surface area (Å²) in [5, 5.41) is 13.1. The van der Waals surface area contributed by atoms with Gasteiger partial charge in [0.2, 0.25) is 11.8 Å². The Morgan fingerprint density at radius 2 is 1.90 bits per heavy atom. The molecule has 2 aliphatic rings. The number of aliphatic hydroxyl groups excluding tert-OH is 1. The van der Waals surface area contributed by atoms with Crippen LogP contribution in [0.4, 0.5) is 0 Å². The molecule has 6 nitrogen and oxygen atoms in total. The first-order chi connectivity index (χ1) is 14.2. The summed E-state index contributed by atoms with van der Waals surface area (Å²) in [4.78, 5) is 31.3. The molecule has 2 amide bonds. The molecule has 1 aliphatic heterocycles. The number of hydrogen-bond acceptors (Lipinski definition) is 4. The Bertz CT molecular complexity index is 839. The molecule has 29 heavy (non-hydrogen) atoms. The van der Waals surface area contributed by atoms with Crippen LogP contribution < -0.4 is 5.32 Å². The van der Waals surface area contributed by atoms with Crippen LogP contribution in [0.5, 0.6) is 0 Å². The Labute approximate surface area is 171 Å². The normalized spacial score (nSPS) is 23.8. The van der Waals surface area contributed by atoms with Crippen molar-refractivity contribution in [3.63, 3.8) is 0 Å². The summed E-state index contributed by atoms with van der Waals surface area (Å²) >= 11 is 0. The predicted octanol–water partition coefficient (Wildman–Crippen LogP) is 1.90. The topological polar surface area (TPSA) is 82.5 Å². The first kappa shape index (κ1) is 19.6. The van der Waals surface area contributed by atoms with Gasteiger partial charge in [-0.2, -0.15) is 0 Å². The zero-order chi connectivity index (χ0) is 20.2. The fraction of sp³-hybridized carbons (Fsp3) is 0.435. The lowest BCUT2D eigenvalue weighted by Crippen LogP contribution is -2.69. The number of aromatic nitrogens is 1. The lowest BCUT2D eigenvalue weighted by Gasteiger charge is -2.55. The van der Waals surface area contributed by atoms with Gasteiger partial charge in [-0.1, -0.05) is 42.8 Å². The van der Waals surface area contributed by atoms with Gasteiger partial charge in [-0.3, -0.25) is 14.6 Å². The van der Waals surface area contributed by atoms with Crippen molar-refractivity contribution < 1.29 is 14.7 Å². The largest absolute Gasteiger partial charge is 0.394 e. The first-order valence-electron chi connectivity index (χ1n) is 10.3. The van der Waals surface area contributed by atoms with Crippen molar-refractivity contribution >= 4 is 11.8 Å². The van der Waals surface area contributed by atoms with Crippen LogP contribution in [-0.2, 0) is 16.0 Å². The van der Waals surface area contributed by atoms with Crippen molar-refractivity contribution in [3.05, 3.63) is 66.0 Å². The molecule has 2 N–H and O–H groups in total. The van der Waals surface area contributed by atoms with Gasteiger partial charge in [0.1, 0.15) is 0 Å². The van der Waals surface area contributed by atoms with Gasteiger partial charge in [0.05, 0.1) is 25.1 Å². The zero-order valence-corrected chi connectivity index (χ0v) is 16.4. The second-order valence-electron chi connectivity index (χ2n) is 7.97. The van der Waals surface area contributed by atoms with E-state index in [0.29, 0.717) is 6.54 Å². The Balaban J connectivity index is 1.52. The minimum absolute atomic E-state index is 0.000684. The highest BCUT2D eigenvalue weighted by atomic mass is 16.3. The van der Waals surface area contributed by atoms with Crippen LogP contribution in [0.15, 0.2) is 54.9 Å². The maximum absolute atomic E-state index is 13.1. The average Bonchev–Trinajstić information content (AvgIpc) is 2.67. The molecule has 4 rings (SSSR count). The van der Waals surface area contributed by atoms with E-state index in [9.17, 15) is 14.7 Å². The van der Waals surface area contributed by atoms with Gasteiger partial charge in [0.15, 0.2) is 0 Å². The van der Waals surface area contributed by atoms with Crippen molar-refractivity contribution in [2.45, 2.75) is 43.7 Å². The molecule has 152 valence electrons. The molecular formula is C23H27N3O3. The molecule has 2 aromatic rings. The second-order valence-corrected chi connectivity index (χ2v) is 7.97. The van der Waals surface area contributed by atoms with Gasteiger partial charge in [-0.15, -0.1) is 0 Å². The fourth-order valence-electron chi connectivity index (χ4n) is 4.45. The highest BCUT2D eigenvalue weighted by Crippen LogP contribution is 2.41. The number of amides is 2. The van der Waals surface area contributed by atoms with Gasteiger partial charge in [-0.05, 0) is 30.0 Å². The standard InChI is InChI=1S/C23H27N3O3/c27-15-20-22(17-7-2-1-3-8-17)19(14-25-23(29)18-9-4-10-18)26(20)21(28)12-16-6-5-11-24-13-16/h1-3,5-8,11,13,18-20,22,27H,4,9-10,12,14-15H2,(H,25,29)/t19-,20+,22-/m0/s1. The monoisotopic (exact) mass is 393 g/mol. The number of benzene rings is 1. The van der Waals surface area contributed by atoms with Crippen LogP contribution in [-0.4, -0.2) is 52.0 Å². The zero-order valence-electron chi connectivity index (χ0n) is 16.4. The van der Waals surface area contributed by atoms with Crippen molar-refractivity contribution in [1.29, 1.82) is 0 Å². The molecule has 2 fully saturated rings. The number of pyridine rings is 1. The summed E-state index contributed by atoms with van der Waals surface area (Å²) in [5.74, 6) is 0.140. The number of nitrogens with zero attached hydrogens (tertiary/aromatic N) is 2. The van der Waals surface area contributed by atoms with Crippen molar-refractivity contribution in [2.24, 2.45) is 5.92 Å². The third kappa shape index (κ3) is 4.03. The Morgan fingerprint density at radius 1 is 1.10 bits per heavy atom. The highest BCUT2D eigenvalue weighted by molar-refractivity contribution is 5.82. The molecule has 2 heterocycles. The second kappa shape index (κ2) is 8.74. The fourth-order valence-corrected chi connectivity index (χ4v) is 4.45. The Hall–Kier alpha value is -2.73. The molecule has 0 bridgehead atoms. The molecule has 1 aromatic carbocycles. The minimum atomic E-state index is -0.285. The van der Waals surface area contributed by atoms with Gasteiger partial charge >= 0.3 is 0 Å². The molecule has 0 unspecified atom stereocenters. The average molecular weight is 393 g/mol. The molecule has 0 radical (unpaired) electrons. The summed E-state index contributed by atoms with van der Waals surface area (Å²) in [6.07, 6.45) is 6.60. The molecule has 1 aliphatic carbocycles. The summed E-state index contributed by atoms with van der Waals surface area (Å²) in [5.41, 5.74) is 1.93. The van der Waals surface area contributed by atoms with Crippen molar-refractivity contribution in [3.8, 4) is 0 Å². The van der Waals surface area contributed by atoms with E-state index in [0.717, 1.165) is 30.4 Å². The third-order valence-corrected chi connectivity index (χ3v) is 6.24. The van der Waals surface area contributed by atoms with Crippen LogP contribution >= 0.6 is 0 Å². The van der Waals surface area contributed by atoms with Crippen LogP contribution in [0.2, 0.25) is 0 Å².